The fourth-order valence-corrected chi connectivity index (χ4v) is 2.81. The van der Waals surface area contributed by atoms with E-state index >= 15 is 0 Å². The molecule has 3 rings (SSSR count). The van der Waals surface area contributed by atoms with E-state index in [0.717, 1.165) is 43.6 Å². The summed E-state index contributed by atoms with van der Waals surface area (Å²) in [7, 11) is 0. The van der Waals surface area contributed by atoms with Crippen LogP contribution in [0.15, 0.2) is 22.9 Å². The normalized spacial score (nSPS) is 18.1. The second-order valence-corrected chi connectivity index (χ2v) is 5.79. The van der Waals surface area contributed by atoms with Gasteiger partial charge in [-0.2, -0.15) is 4.98 Å². The molecule has 1 unspecified atom stereocenters. The topological polar surface area (TPSA) is 92.4 Å². The molecule has 1 N–H and O–H groups in total. The van der Waals surface area contributed by atoms with Crippen LogP contribution in [0.25, 0.3) is 11.5 Å². The Morgan fingerprint density at radius 1 is 1.52 bits per heavy atom. The predicted molar refractivity (Wildman–Crippen MR) is 84.1 cm³/mol. The highest BCUT2D eigenvalue weighted by molar-refractivity contribution is 5.71. The van der Waals surface area contributed by atoms with Crippen molar-refractivity contribution in [3.8, 4) is 11.5 Å². The van der Waals surface area contributed by atoms with Crippen molar-refractivity contribution in [3.05, 3.63) is 24.2 Å². The van der Waals surface area contributed by atoms with Gasteiger partial charge in [0.05, 0.1) is 5.92 Å². The van der Waals surface area contributed by atoms with Crippen molar-refractivity contribution in [1.82, 2.24) is 15.1 Å². The average Bonchev–Trinajstić information content (AvgIpc) is 3.04. The van der Waals surface area contributed by atoms with E-state index in [-0.39, 0.29) is 5.92 Å². The summed E-state index contributed by atoms with van der Waals surface area (Å²) < 4.78 is 5.30. The Labute approximate surface area is 134 Å². The molecule has 7 heteroatoms. The first-order chi connectivity index (χ1) is 11.2. The molecule has 1 saturated heterocycles. The molecular formula is C16H20N4O3. The van der Waals surface area contributed by atoms with Crippen LogP contribution in [0.2, 0.25) is 0 Å². The third-order valence-electron chi connectivity index (χ3n) is 4.03. The number of pyridine rings is 1. The molecule has 1 fully saturated rings. The van der Waals surface area contributed by atoms with Gasteiger partial charge in [0.1, 0.15) is 5.82 Å². The molecule has 0 aliphatic carbocycles. The van der Waals surface area contributed by atoms with Crippen LogP contribution >= 0.6 is 0 Å². The SMILES string of the molecule is CCCc1noc(-c2ccnc(N3CCCC(C(=O)O)C3)c2)n1. The third kappa shape index (κ3) is 3.49. The fourth-order valence-electron chi connectivity index (χ4n) is 2.81. The van der Waals surface area contributed by atoms with Gasteiger partial charge in [-0.1, -0.05) is 12.1 Å². The number of piperidine rings is 1. The van der Waals surface area contributed by atoms with Gasteiger partial charge in [-0.3, -0.25) is 4.79 Å². The second-order valence-electron chi connectivity index (χ2n) is 5.79. The van der Waals surface area contributed by atoms with Crippen molar-refractivity contribution in [2.75, 3.05) is 18.0 Å². The lowest BCUT2D eigenvalue weighted by atomic mass is 9.98. The Kier molecular flexibility index (Phi) is 4.55. The van der Waals surface area contributed by atoms with Crippen molar-refractivity contribution in [3.63, 3.8) is 0 Å². The minimum absolute atomic E-state index is 0.339. The van der Waals surface area contributed by atoms with Crippen molar-refractivity contribution < 1.29 is 14.4 Å². The molecule has 7 nitrogen and oxygen atoms in total. The van der Waals surface area contributed by atoms with Gasteiger partial charge >= 0.3 is 5.97 Å². The smallest absolute Gasteiger partial charge is 0.308 e. The van der Waals surface area contributed by atoms with Crippen LogP contribution in [0.4, 0.5) is 5.82 Å². The summed E-state index contributed by atoms with van der Waals surface area (Å²) in [4.78, 5) is 22.0. The molecule has 0 amide bonds. The molecule has 122 valence electrons. The molecule has 0 saturated carbocycles. The Morgan fingerprint density at radius 3 is 3.17 bits per heavy atom. The van der Waals surface area contributed by atoms with Gasteiger partial charge in [0, 0.05) is 31.3 Å². The first-order valence-corrected chi connectivity index (χ1v) is 7.94. The van der Waals surface area contributed by atoms with Gasteiger partial charge in [0.2, 0.25) is 0 Å². The summed E-state index contributed by atoms with van der Waals surface area (Å²) in [6.45, 7) is 3.36. The van der Waals surface area contributed by atoms with Crippen LogP contribution in [-0.2, 0) is 11.2 Å². The zero-order valence-corrected chi connectivity index (χ0v) is 13.1. The maximum atomic E-state index is 11.2. The van der Waals surface area contributed by atoms with Crippen molar-refractivity contribution >= 4 is 11.8 Å². The van der Waals surface area contributed by atoms with Gasteiger partial charge in [-0.25, -0.2) is 4.98 Å². The second kappa shape index (κ2) is 6.76. The number of hydrogen-bond donors (Lipinski definition) is 1. The molecule has 0 aromatic carbocycles. The van der Waals surface area contributed by atoms with Crippen LogP contribution in [0.5, 0.6) is 0 Å². The maximum Gasteiger partial charge on any atom is 0.308 e. The number of aliphatic carboxylic acids is 1. The highest BCUT2D eigenvalue weighted by Crippen LogP contribution is 2.25. The quantitative estimate of drug-likeness (QED) is 0.905. The fraction of sp³-hybridized carbons (Fsp3) is 0.500. The highest BCUT2D eigenvalue weighted by atomic mass is 16.5. The summed E-state index contributed by atoms with van der Waals surface area (Å²) in [6, 6.07) is 3.71. The minimum Gasteiger partial charge on any atom is -0.481 e. The number of aryl methyl sites for hydroxylation is 1. The van der Waals surface area contributed by atoms with E-state index in [1.165, 1.54) is 0 Å². The molecule has 0 radical (unpaired) electrons. The van der Waals surface area contributed by atoms with Crippen molar-refractivity contribution in [1.29, 1.82) is 0 Å². The van der Waals surface area contributed by atoms with Crippen LogP contribution in [0.1, 0.15) is 32.0 Å². The van der Waals surface area contributed by atoms with E-state index in [1.807, 2.05) is 17.0 Å². The summed E-state index contributed by atoms with van der Waals surface area (Å²) in [5, 5.41) is 13.2. The van der Waals surface area contributed by atoms with Crippen LogP contribution in [-0.4, -0.2) is 39.3 Å². The average molecular weight is 316 g/mol. The minimum atomic E-state index is -0.744. The lowest BCUT2D eigenvalue weighted by molar-refractivity contribution is -0.141. The van der Waals surface area contributed by atoms with Gasteiger partial charge in [0.25, 0.3) is 5.89 Å². The monoisotopic (exact) mass is 316 g/mol. The predicted octanol–water partition coefficient (Wildman–Crippen LogP) is 2.39. The molecule has 2 aromatic heterocycles. The molecule has 3 heterocycles. The summed E-state index contributed by atoms with van der Waals surface area (Å²) in [5.74, 6) is 0.845. The number of aromatic nitrogens is 3. The number of carbonyl (C=O) groups is 1. The lowest BCUT2D eigenvalue weighted by Crippen LogP contribution is -2.39. The van der Waals surface area contributed by atoms with Crippen LogP contribution in [0, 0.1) is 5.92 Å². The Balaban J connectivity index is 1.80. The van der Waals surface area contributed by atoms with Gasteiger partial charge in [-0.15, -0.1) is 0 Å². The van der Waals surface area contributed by atoms with Crippen molar-refractivity contribution in [2.24, 2.45) is 5.92 Å². The number of hydrogen-bond acceptors (Lipinski definition) is 6. The van der Waals surface area contributed by atoms with E-state index < -0.39 is 5.97 Å². The first-order valence-electron chi connectivity index (χ1n) is 7.94. The van der Waals surface area contributed by atoms with Crippen LogP contribution < -0.4 is 4.90 Å². The molecule has 1 aliphatic rings. The van der Waals surface area contributed by atoms with E-state index in [2.05, 4.69) is 22.0 Å². The zero-order chi connectivity index (χ0) is 16.2. The van der Waals surface area contributed by atoms with E-state index in [0.29, 0.717) is 18.3 Å². The molecule has 1 aliphatic heterocycles. The van der Waals surface area contributed by atoms with Crippen LogP contribution in [0.3, 0.4) is 0 Å². The van der Waals surface area contributed by atoms with E-state index in [4.69, 9.17) is 4.52 Å². The molecule has 0 spiro atoms. The Morgan fingerprint density at radius 2 is 2.39 bits per heavy atom. The van der Waals surface area contributed by atoms with Gasteiger partial charge in [-0.05, 0) is 31.4 Å². The lowest BCUT2D eigenvalue weighted by Gasteiger charge is -2.31. The Bertz CT molecular complexity index is 685. The molecule has 2 aromatic rings. The first kappa shape index (κ1) is 15.5. The highest BCUT2D eigenvalue weighted by Gasteiger charge is 2.26. The van der Waals surface area contributed by atoms with Crippen molar-refractivity contribution in [2.45, 2.75) is 32.6 Å². The number of nitrogens with zero attached hydrogens (tertiary/aromatic N) is 4. The maximum absolute atomic E-state index is 11.2. The summed E-state index contributed by atoms with van der Waals surface area (Å²) in [5.41, 5.74) is 0.808. The van der Waals surface area contributed by atoms with Gasteiger partial charge < -0.3 is 14.5 Å². The number of carboxylic acids is 1. The largest absolute Gasteiger partial charge is 0.481 e. The standard InChI is InChI=1S/C16H20N4O3/c1-2-4-13-18-15(23-19-13)11-6-7-17-14(9-11)20-8-3-5-12(10-20)16(21)22/h6-7,9,12H,2-5,8,10H2,1H3,(H,21,22). The molecule has 23 heavy (non-hydrogen) atoms. The Hall–Kier alpha value is -2.44. The van der Waals surface area contributed by atoms with E-state index in [9.17, 15) is 9.90 Å². The summed E-state index contributed by atoms with van der Waals surface area (Å²) in [6.07, 6.45) is 5.01. The number of rotatable bonds is 5. The number of anilines is 1. The third-order valence-corrected chi connectivity index (χ3v) is 4.03. The van der Waals surface area contributed by atoms with E-state index in [1.54, 1.807) is 6.20 Å². The summed E-state index contributed by atoms with van der Waals surface area (Å²) >= 11 is 0. The number of carboxylic acid groups (broad SMARTS) is 1. The molecule has 1 atom stereocenters. The zero-order valence-electron chi connectivity index (χ0n) is 13.1. The molecular weight excluding hydrogens is 296 g/mol. The van der Waals surface area contributed by atoms with Gasteiger partial charge in [0.15, 0.2) is 5.82 Å². The molecule has 0 bridgehead atoms.